The van der Waals surface area contributed by atoms with Gasteiger partial charge in [0.1, 0.15) is 0 Å². The molecule has 2 nitrogen and oxygen atoms in total. The molecule has 0 heterocycles. The standard InChI is InChI=1S/C5H8O2/c6-4-3-1-5(4,7)2-3/h3-4,6-7H,1-2H2. The van der Waals surface area contributed by atoms with Crippen LogP contribution in [0, 0.1) is 5.92 Å². The maximum Gasteiger partial charge on any atom is 0.0915 e. The Morgan fingerprint density at radius 3 is 1.86 bits per heavy atom. The van der Waals surface area contributed by atoms with Gasteiger partial charge in [-0.1, -0.05) is 0 Å². The highest BCUT2D eigenvalue weighted by Crippen LogP contribution is 2.56. The lowest BCUT2D eigenvalue weighted by molar-refractivity contribution is -0.284. The lowest BCUT2D eigenvalue weighted by atomic mass is 9.50. The SMILES string of the molecule is OC1C2CC1(O)C2. The van der Waals surface area contributed by atoms with Gasteiger partial charge in [-0.05, 0) is 18.8 Å². The third kappa shape index (κ3) is 0.229. The Kier molecular flexibility index (Phi) is 0.408. The lowest BCUT2D eigenvalue weighted by Gasteiger charge is -2.62. The minimum atomic E-state index is -0.620. The van der Waals surface area contributed by atoms with Crippen molar-refractivity contribution in [1.29, 1.82) is 0 Å². The molecule has 1 unspecified atom stereocenters. The first kappa shape index (κ1) is 3.87. The van der Waals surface area contributed by atoms with Gasteiger partial charge in [-0.25, -0.2) is 0 Å². The molecule has 7 heavy (non-hydrogen) atoms. The number of aliphatic hydroxyl groups is 2. The fourth-order valence-electron chi connectivity index (χ4n) is 1.43. The van der Waals surface area contributed by atoms with Gasteiger partial charge in [0.2, 0.25) is 0 Å². The van der Waals surface area contributed by atoms with Gasteiger partial charge in [0.25, 0.3) is 0 Å². The van der Waals surface area contributed by atoms with E-state index in [1.807, 2.05) is 0 Å². The van der Waals surface area contributed by atoms with E-state index < -0.39 is 5.60 Å². The van der Waals surface area contributed by atoms with Gasteiger partial charge >= 0.3 is 0 Å². The Morgan fingerprint density at radius 2 is 1.86 bits per heavy atom. The summed E-state index contributed by atoms with van der Waals surface area (Å²) in [5, 5.41) is 17.8. The molecule has 3 aliphatic carbocycles. The third-order valence-corrected chi connectivity index (χ3v) is 2.23. The molecule has 0 aliphatic heterocycles. The van der Waals surface area contributed by atoms with Gasteiger partial charge in [-0.15, -0.1) is 0 Å². The van der Waals surface area contributed by atoms with Crippen LogP contribution in [0.2, 0.25) is 0 Å². The van der Waals surface area contributed by atoms with Crippen molar-refractivity contribution < 1.29 is 10.2 Å². The molecule has 0 aromatic rings. The van der Waals surface area contributed by atoms with Gasteiger partial charge in [0.05, 0.1) is 11.7 Å². The molecule has 3 saturated carbocycles. The summed E-state index contributed by atoms with van der Waals surface area (Å²) in [6, 6.07) is 0. The van der Waals surface area contributed by atoms with Crippen molar-refractivity contribution in [2.75, 3.05) is 0 Å². The third-order valence-electron chi connectivity index (χ3n) is 2.23. The van der Waals surface area contributed by atoms with Crippen LogP contribution in [0.25, 0.3) is 0 Å². The summed E-state index contributed by atoms with van der Waals surface area (Å²) in [6.45, 7) is 0. The second-order valence-corrected chi connectivity index (χ2v) is 2.72. The van der Waals surface area contributed by atoms with E-state index in [1.165, 1.54) is 0 Å². The first-order valence-corrected chi connectivity index (χ1v) is 2.63. The zero-order valence-electron chi connectivity index (χ0n) is 3.96. The largest absolute Gasteiger partial charge is 0.390 e. The first-order chi connectivity index (χ1) is 3.22. The van der Waals surface area contributed by atoms with Crippen LogP contribution in [0.4, 0.5) is 0 Å². The summed E-state index contributed by atoms with van der Waals surface area (Å²) < 4.78 is 0. The molecule has 1 atom stereocenters. The van der Waals surface area contributed by atoms with Crippen LogP contribution >= 0.6 is 0 Å². The van der Waals surface area contributed by atoms with Crippen LogP contribution < -0.4 is 0 Å². The molecule has 0 saturated heterocycles. The molecular formula is C5H8O2. The van der Waals surface area contributed by atoms with Crippen molar-refractivity contribution in [3.63, 3.8) is 0 Å². The number of hydrogen-bond acceptors (Lipinski definition) is 2. The molecule has 2 heteroatoms. The second kappa shape index (κ2) is 0.740. The predicted octanol–water partition coefficient (Wildman–Crippen LogP) is -0.498. The number of hydrogen-bond donors (Lipinski definition) is 2. The molecule has 2 bridgehead atoms. The maximum atomic E-state index is 9.00. The van der Waals surface area contributed by atoms with Crippen molar-refractivity contribution in [1.82, 2.24) is 0 Å². The van der Waals surface area contributed by atoms with E-state index in [0.29, 0.717) is 5.92 Å². The molecular weight excluding hydrogens is 92.1 g/mol. The first-order valence-electron chi connectivity index (χ1n) is 2.63. The molecule has 0 radical (unpaired) electrons. The second-order valence-electron chi connectivity index (χ2n) is 2.72. The minimum absolute atomic E-state index is 0.368. The van der Waals surface area contributed by atoms with Gasteiger partial charge in [-0.2, -0.15) is 0 Å². The molecule has 40 valence electrons. The zero-order chi connectivity index (χ0) is 5.07. The van der Waals surface area contributed by atoms with E-state index in [1.54, 1.807) is 0 Å². The summed E-state index contributed by atoms with van der Waals surface area (Å²) in [6.07, 6.45) is 1.31. The van der Waals surface area contributed by atoms with Crippen molar-refractivity contribution in [3.8, 4) is 0 Å². The Morgan fingerprint density at radius 1 is 1.43 bits per heavy atom. The fraction of sp³-hybridized carbons (Fsp3) is 1.00. The summed E-state index contributed by atoms with van der Waals surface area (Å²) in [4.78, 5) is 0. The predicted molar refractivity (Wildman–Crippen MR) is 23.7 cm³/mol. The Bertz CT molecular complexity index is 105. The molecule has 3 rings (SSSR count). The van der Waals surface area contributed by atoms with E-state index in [2.05, 4.69) is 0 Å². The molecule has 0 aromatic carbocycles. The van der Waals surface area contributed by atoms with Crippen molar-refractivity contribution in [2.45, 2.75) is 24.5 Å². The summed E-state index contributed by atoms with van der Waals surface area (Å²) in [5.74, 6) is 0.449. The molecule has 2 N–H and O–H groups in total. The minimum Gasteiger partial charge on any atom is -0.390 e. The van der Waals surface area contributed by atoms with E-state index >= 15 is 0 Å². The molecule has 0 spiro atoms. The Balaban J connectivity index is 2.17. The van der Waals surface area contributed by atoms with Crippen LogP contribution in [0.3, 0.4) is 0 Å². The van der Waals surface area contributed by atoms with Crippen LogP contribution in [-0.4, -0.2) is 21.9 Å². The Labute approximate surface area is 41.8 Å². The fourth-order valence-corrected chi connectivity index (χ4v) is 1.43. The van der Waals surface area contributed by atoms with Crippen molar-refractivity contribution >= 4 is 0 Å². The van der Waals surface area contributed by atoms with E-state index in [4.69, 9.17) is 10.2 Å². The Hall–Kier alpha value is -0.0800. The van der Waals surface area contributed by atoms with E-state index in [-0.39, 0.29) is 6.10 Å². The summed E-state index contributed by atoms with van der Waals surface area (Å²) in [7, 11) is 0. The smallest absolute Gasteiger partial charge is 0.0915 e. The highest BCUT2D eigenvalue weighted by molar-refractivity contribution is 5.15. The number of aliphatic hydroxyl groups excluding tert-OH is 1. The average Bonchev–Trinajstić information content (AvgIpc) is 1.62. The van der Waals surface area contributed by atoms with Gasteiger partial charge in [-0.3, -0.25) is 0 Å². The maximum absolute atomic E-state index is 9.00. The highest BCUT2D eigenvalue weighted by atomic mass is 16.4. The molecule has 3 aliphatic rings. The molecule has 3 fully saturated rings. The van der Waals surface area contributed by atoms with Crippen LogP contribution in [-0.2, 0) is 0 Å². The van der Waals surface area contributed by atoms with Crippen LogP contribution in [0.1, 0.15) is 12.8 Å². The monoisotopic (exact) mass is 100 g/mol. The summed E-state index contributed by atoms with van der Waals surface area (Å²) >= 11 is 0. The quantitative estimate of drug-likeness (QED) is 0.431. The van der Waals surface area contributed by atoms with Crippen LogP contribution in [0.5, 0.6) is 0 Å². The normalized spacial score (nSPS) is 66.0. The van der Waals surface area contributed by atoms with E-state index in [0.717, 1.165) is 12.8 Å². The summed E-state index contributed by atoms with van der Waals surface area (Å²) in [5.41, 5.74) is -0.620. The van der Waals surface area contributed by atoms with E-state index in [9.17, 15) is 0 Å². The highest BCUT2D eigenvalue weighted by Gasteiger charge is 2.64. The molecule has 0 aromatic heterocycles. The zero-order valence-corrected chi connectivity index (χ0v) is 3.96. The molecule has 0 amide bonds. The topological polar surface area (TPSA) is 40.5 Å². The van der Waals surface area contributed by atoms with Gasteiger partial charge < -0.3 is 10.2 Å². The lowest BCUT2D eigenvalue weighted by Crippen LogP contribution is -2.71. The van der Waals surface area contributed by atoms with Gasteiger partial charge in [0, 0.05) is 0 Å². The van der Waals surface area contributed by atoms with Crippen LogP contribution in [0.15, 0.2) is 0 Å². The number of rotatable bonds is 0. The van der Waals surface area contributed by atoms with Crippen molar-refractivity contribution in [3.05, 3.63) is 0 Å². The van der Waals surface area contributed by atoms with Gasteiger partial charge in [0.15, 0.2) is 0 Å². The van der Waals surface area contributed by atoms with Crippen molar-refractivity contribution in [2.24, 2.45) is 5.92 Å². The average molecular weight is 100 g/mol.